The average Bonchev–Trinajstić information content (AvgIpc) is 3.18. The van der Waals surface area contributed by atoms with Gasteiger partial charge in [0.05, 0.1) is 5.56 Å². The highest BCUT2D eigenvalue weighted by molar-refractivity contribution is 5.62. The second-order valence-corrected chi connectivity index (χ2v) is 6.09. The van der Waals surface area contributed by atoms with Crippen LogP contribution in [0.25, 0.3) is 11.5 Å². The summed E-state index contributed by atoms with van der Waals surface area (Å²) in [7, 11) is 4.06. The molecule has 5 nitrogen and oxygen atoms in total. The minimum atomic E-state index is 0.458. The van der Waals surface area contributed by atoms with Crippen molar-refractivity contribution in [3.8, 4) is 17.2 Å². The first-order chi connectivity index (χ1) is 10.7. The number of hydrogen-bond acceptors (Lipinski definition) is 5. The molecule has 1 saturated carbocycles. The van der Waals surface area contributed by atoms with Gasteiger partial charge in [0.1, 0.15) is 12.4 Å². The van der Waals surface area contributed by atoms with E-state index >= 15 is 0 Å². The van der Waals surface area contributed by atoms with Gasteiger partial charge in [-0.1, -0.05) is 30.1 Å². The molecule has 1 aliphatic rings. The topological polar surface area (TPSA) is 51.4 Å². The van der Waals surface area contributed by atoms with E-state index < -0.39 is 0 Å². The molecule has 1 aliphatic carbocycles. The second kappa shape index (κ2) is 6.92. The van der Waals surface area contributed by atoms with Crippen LogP contribution in [-0.4, -0.2) is 42.3 Å². The van der Waals surface area contributed by atoms with Crippen molar-refractivity contribution >= 4 is 0 Å². The molecule has 0 N–H and O–H groups in total. The number of hydrogen-bond donors (Lipinski definition) is 0. The van der Waals surface area contributed by atoms with E-state index in [0.717, 1.165) is 23.7 Å². The SMILES string of the molecule is CN(C)CCOc1ccccc1-c1nc(C2CCCC2)no1. The number of benzene rings is 1. The van der Waals surface area contributed by atoms with E-state index in [1.807, 2.05) is 38.4 Å². The highest BCUT2D eigenvalue weighted by Gasteiger charge is 2.23. The molecular weight excluding hydrogens is 278 g/mol. The lowest BCUT2D eigenvalue weighted by atomic mass is 10.1. The van der Waals surface area contributed by atoms with E-state index in [-0.39, 0.29) is 0 Å². The van der Waals surface area contributed by atoms with Crippen molar-refractivity contribution < 1.29 is 9.26 Å². The van der Waals surface area contributed by atoms with E-state index in [2.05, 4.69) is 15.0 Å². The monoisotopic (exact) mass is 301 g/mol. The number of aromatic nitrogens is 2. The van der Waals surface area contributed by atoms with Gasteiger partial charge in [0.25, 0.3) is 5.89 Å². The maximum absolute atomic E-state index is 5.87. The molecule has 1 aromatic heterocycles. The maximum atomic E-state index is 5.87. The number of ether oxygens (including phenoxy) is 1. The molecule has 118 valence electrons. The van der Waals surface area contributed by atoms with Crippen LogP contribution < -0.4 is 4.74 Å². The van der Waals surface area contributed by atoms with E-state index in [9.17, 15) is 0 Å². The molecule has 1 fully saturated rings. The highest BCUT2D eigenvalue weighted by atomic mass is 16.5. The molecule has 0 bridgehead atoms. The zero-order valence-corrected chi connectivity index (χ0v) is 13.3. The summed E-state index contributed by atoms with van der Waals surface area (Å²) in [5.41, 5.74) is 0.873. The Bertz CT molecular complexity index is 603. The van der Waals surface area contributed by atoms with Crippen molar-refractivity contribution in [1.82, 2.24) is 15.0 Å². The molecular formula is C17H23N3O2. The van der Waals surface area contributed by atoms with Crippen LogP contribution in [0.2, 0.25) is 0 Å². The van der Waals surface area contributed by atoms with Crippen molar-refractivity contribution in [2.45, 2.75) is 31.6 Å². The first kappa shape index (κ1) is 15.0. The summed E-state index contributed by atoms with van der Waals surface area (Å²) in [6, 6.07) is 7.84. The van der Waals surface area contributed by atoms with Crippen LogP contribution in [-0.2, 0) is 0 Å². The van der Waals surface area contributed by atoms with Crippen molar-refractivity contribution in [1.29, 1.82) is 0 Å². The van der Waals surface area contributed by atoms with E-state index in [1.54, 1.807) is 0 Å². The quantitative estimate of drug-likeness (QED) is 0.819. The van der Waals surface area contributed by atoms with Crippen LogP contribution >= 0.6 is 0 Å². The molecule has 1 heterocycles. The maximum Gasteiger partial charge on any atom is 0.261 e. The van der Waals surface area contributed by atoms with Gasteiger partial charge >= 0.3 is 0 Å². The van der Waals surface area contributed by atoms with Gasteiger partial charge in [0.2, 0.25) is 0 Å². The third-order valence-corrected chi connectivity index (χ3v) is 4.08. The summed E-state index contributed by atoms with van der Waals surface area (Å²) in [6.07, 6.45) is 4.86. The summed E-state index contributed by atoms with van der Waals surface area (Å²) in [5.74, 6) is 2.66. The zero-order chi connectivity index (χ0) is 15.4. The summed E-state index contributed by atoms with van der Waals surface area (Å²) < 4.78 is 11.3. The molecule has 0 spiro atoms. The Labute approximate surface area is 131 Å². The van der Waals surface area contributed by atoms with Crippen LogP contribution in [0.3, 0.4) is 0 Å². The Balaban J connectivity index is 1.76. The van der Waals surface area contributed by atoms with Gasteiger partial charge in [-0.2, -0.15) is 4.98 Å². The lowest BCUT2D eigenvalue weighted by molar-refractivity contribution is 0.261. The minimum absolute atomic E-state index is 0.458. The Morgan fingerprint density at radius 1 is 1.23 bits per heavy atom. The van der Waals surface area contributed by atoms with Gasteiger partial charge in [0, 0.05) is 12.5 Å². The van der Waals surface area contributed by atoms with Gasteiger partial charge < -0.3 is 14.2 Å². The largest absolute Gasteiger partial charge is 0.491 e. The molecule has 0 saturated heterocycles. The fourth-order valence-corrected chi connectivity index (χ4v) is 2.80. The molecule has 3 rings (SSSR count). The average molecular weight is 301 g/mol. The zero-order valence-electron chi connectivity index (χ0n) is 13.3. The predicted molar refractivity (Wildman–Crippen MR) is 85.0 cm³/mol. The lowest BCUT2D eigenvalue weighted by Crippen LogP contribution is -2.19. The van der Waals surface area contributed by atoms with Gasteiger partial charge in [0.15, 0.2) is 5.82 Å². The minimum Gasteiger partial charge on any atom is -0.491 e. The molecule has 0 aliphatic heterocycles. The Kier molecular flexibility index (Phi) is 4.73. The van der Waals surface area contributed by atoms with Crippen molar-refractivity contribution in [3.63, 3.8) is 0 Å². The molecule has 0 amide bonds. The molecule has 2 aromatic rings. The first-order valence-corrected chi connectivity index (χ1v) is 7.94. The van der Waals surface area contributed by atoms with Gasteiger partial charge in [-0.15, -0.1) is 0 Å². The van der Waals surface area contributed by atoms with Gasteiger partial charge in [-0.25, -0.2) is 0 Å². The first-order valence-electron chi connectivity index (χ1n) is 7.94. The van der Waals surface area contributed by atoms with Crippen molar-refractivity contribution in [2.24, 2.45) is 0 Å². The molecule has 22 heavy (non-hydrogen) atoms. The van der Waals surface area contributed by atoms with Crippen LogP contribution in [0.5, 0.6) is 5.75 Å². The van der Waals surface area contributed by atoms with Crippen LogP contribution in [0.15, 0.2) is 28.8 Å². The number of nitrogens with zero attached hydrogens (tertiary/aromatic N) is 3. The lowest BCUT2D eigenvalue weighted by Gasteiger charge is -2.12. The number of likely N-dealkylation sites (N-methyl/N-ethyl adjacent to an activating group) is 1. The third-order valence-electron chi connectivity index (χ3n) is 4.08. The molecule has 1 aromatic carbocycles. The predicted octanol–water partition coefficient (Wildman–Crippen LogP) is 3.33. The third kappa shape index (κ3) is 3.47. The second-order valence-electron chi connectivity index (χ2n) is 6.09. The van der Waals surface area contributed by atoms with Gasteiger partial charge in [-0.3, -0.25) is 0 Å². The van der Waals surface area contributed by atoms with Gasteiger partial charge in [-0.05, 0) is 39.1 Å². The van der Waals surface area contributed by atoms with E-state index in [4.69, 9.17) is 9.26 Å². The molecule has 0 atom stereocenters. The summed E-state index contributed by atoms with van der Waals surface area (Å²) >= 11 is 0. The van der Waals surface area contributed by atoms with E-state index in [0.29, 0.717) is 18.4 Å². The summed E-state index contributed by atoms with van der Waals surface area (Å²) in [4.78, 5) is 6.69. The molecule has 5 heteroatoms. The number of rotatable bonds is 6. The van der Waals surface area contributed by atoms with Crippen LogP contribution in [0.4, 0.5) is 0 Å². The van der Waals surface area contributed by atoms with Crippen molar-refractivity contribution in [3.05, 3.63) is 30.1 Å². The Morgan fingerprint density at radius 3 is 2.77 bits per heavy atom. The number of para-hydroxylation sites is 1. The molecule has 0 unspecified atom stereocenters. The van der Waals surface area contributed by atoms with Crippen LogP contribution in [0.1, 0.15) is 37.4 Å². The Morgan fingerprint density at radius 2 is 2.00 bits per heavy atom. The normalized spacial score (nSPS) is 15.6. The highest BCUT2D eigenvalue weighted by Crippen LogP contribution is 2.35. The summed E-state index contributed by atoms with van der Waals surface area (Å²) in [6.45, 7) is 1.50. The summed E-state index contributed by atoms with van der Waals surface area (Å²) in [5, 5.41) is 4.17. The fourth-order valence-electron chi connectivity index (χ4n) is 2.80. The molecule has 0 radical (unpaired) electrons. The smallest absolute Gasteiger partial charge is 0.261 e. The standard InChI is InChI=1S/C17H23N3O2/c1-20(2)11-12-21-15-10-6-5-9-14(15)17-18-16(19-22-17)13-7-3-4-8-13/h5-6,9-10,13H,3-4,7-8,11-12H2,1-2H3. The van der Waals surface area contributed by atoms with Crippen LogP contribution in [0, 0.1) is 0 Å². The Hall–Kier alpha value is -1.88. The fraction of sp³-hybridized carbons (Fsp3) is 0.529. The van der Waals surface area contributed by atoms with E-state index in [1.165, 1.54) is 25.7 Å². The van der Waals surface area contributed by atoms with Crippen molar-refractivity contribution in [2.75, 3.05) is 27.2 Å².